The molecule has 194 valence electrons. The Kier molecular flexibility index (Phi) is 7.33. The van der Waals surface area contributed by atoms with Gasteiger partial charge in [-0.25, -0.2) is 4.98 Å². The molecule has 2 aromatic heterocycles. The number of aromatic amines is 1. The summed E-state index contributed by atoms with van der Waals surface area (Å²) < 4.78 is 0. The molecular formula is C32H36N6. The molecule has 2 atom stereocenters. The number of dihydropyridines is 1. The van der Waals surface area contributed by atoms with Gasteiger partial charge in [-0.15, -0.1) is 0 Å². The number of aromatic nitrogens is 3. The zero-order valence-electron chi connectivity index (χ0n) is 22.0. The SMILES string of the molecule is CC(NCc1ccc(CN(Cc2nc3ccccc3[nH]2)C2CCCC3=C2NCC=C3)cc1)c1ccccn1. The highest BCUT2D eigenvalue weighted by Crippen LogP contribution is 2.31. The fourth-order valence-electron chi connectivity index (χ4n) is 5.67. The van der Waals surface area contributed by atoms with Crippen LogP contribution in [-0.4, -0.2) is 32.4 Å². The van der Waals surface area contributed by atoms with Crippen molar-refractivity contribution in [1.82, 2.24) is 30.5 Å². The van der Waals surface area contributed by atoms with Gasteiger partial charge in [-0.2, -0.15) is 0 Å². The highest BCUT2D eigenvalue weighted by molar-refractivity contribution is 5.74. The molecule has 0 bridgehead atoms. The monoisotopic (exact) mass is 504 g/mol. The van der Waals surface area contributed by atoms with Crippen LogP contribution < -0.4 is 10.6 Å². The number of hydrogen-bond donors (Lipinski definition) is 3. The van der Waals surface area contributed by atoms with E-state index < -0.39 is 0 Å². The van der Waals surface area contributed by atoms with Crippen molar-refractivity contribution in [3.05, 3.63) is 119 Å². The van der Waals surface area contributed by atoms with E-state index >= 15 is 0 Å². The molecule has 1 aliphatic carbocycles. The molecule has 6 heteroatoms. The normalized spacial score (nSPS) is 18.0. The summed E-state index contributed by atoms with van der Waals surface area (Å²) in [5, 5.41) is 7.30. The number of nitrogens with one attached hydrogen (secondary N) is 3. The maximum absolute atomic E-state index is 4.91. The van der Waals surface area contributed by atoms with Crippen LogP contribution in [0.15, 0.2) is 96.3 Å². The zero-order valence-corrected chi connectivity index (χ0v) is 22.0. The van der Waals surface area contributed by atoms with Gasteiger partial charge in [0, 0.05) is 37.6 Å². The van der Waals surface area contributed by atoms with Gasteiger partial charge in [0.25, 0.3) is 0 Å². The number of allylic oxidation sites excluding steroid dienone is 2. The molecule has 0 amide bonds. The molecule has 2 unspecified atom stereocenters. The molecular weight excluding hydrogens is 468 g/mol. The minimum Gasteiger partial charge on any atom is -0.383 e. The number of nitrogens with zero attached hydrogens (tertiary/aromatic N) is 3. The number of benzene rings is 2. The van der Waals surface area contributed by atoms with E-state index in [1.165, 1.54) is 28.8 Å². The smallest absolute Gasteiger partial charge is 0.121 e. The maximum atomic E-state index is 4.91. The predicted octanol–water partition coefficient (Wildman–Crippen LogP) is 5.78. The van der Waals surface area contributed by atoms with Crippen LogP contribution in [0.1, 0.15) is 54.9 Å². The van der Waals surface area contributed by atoms with Crippen molar-refractivity contribution in [2.45, 2.75) is 57.9 Å². The first-order valence-electron chi connectivity index (χ1n) is 13.8. The molecule has 0 spiro atoms. The van der Waals surface area contributed by atoms with E-state index in [2.05, 4.69) is 99.2 Å². The average Bonchev–Trinajstić information content (AvgIpc) is 3.39. The lowest BCUT2D eigenvalue weighted by molar-refractivity contribution is 0.175. The number of para-hydroxylation sites is 2. The lowest BCUT2D eigenvalue weighted by Gasteiger charge is -2.38. The van der Waals surface area contributed by atoms with E-state index in [0.29, 0.717) is 6.04 Å². The lowest BCUT2D eigenvalue weighted by Crippen LogP contribution is -2.43. The Bertz CT molecular complexity index is 1390. The van der Waals surface area contributed by atoms with Crippen molar-refractivity contribution in [3.63, 3.8) is 0 Å². The largest absolute Gasteiger partial charge is 0.383 e. The summed E-state index contributed by atoms with van der Waals surface area (Å²) in [6, 6.07) is 24.0. The second kappa shape index (κ2) is 11.3. The highest BCUT2D eigenvalue weighted by atomic mass is 15.2. The number of pyridine rings is 1. The van der Waals surface area contributed by atoms with Gasteiger partial charge >= 0.3 is 0 Å². The molecule has 2 aliphatic rings. The first-order valence-corrected chi connectivity index (χ1v) is 13.8. The van der Waals surface area contributed by atoms with E-state index in [4.69, 9.17) is 4.98 Å². The van der Waals surface area contributed by atoms with E-state index in [1.54, 1.807) is 0 Å². The van der Waals surface area contributed by atoms with Crippen LogP contribution in [-0.2, 0) is 19.6 Å². The summed E-state index contributed by atoms with van der Waals surface area (Å²) in [6.45, 7) is 5.55. The zero-order chi connectivity index (χ0) is 25.7. The van der Waals surface area contributed by atoms with E-state index in [0.717, 1.165) is 61.6 Å². The molecule has 0 fully saturated rings. The van der Waals surface area contributed by atoms with Crippen LogP contribution >= 0.6 is 0 Å². The summed E-state index contributed by atoms with van der Waals surface area (Å²) >= 11 is 0. The summed E-state index contributed by atoms with van der Waals surface area (Å²) in [6.07, 6.45) is 9.95. The Morgan fingerprint density at radius 3 is 2.68 bits per heavy atom. The third-order valence-electron chi connectivity index (χ3n) is 7.72. The number of hydrogen-bond acceptors (Lipinski definition) is 5. The minimum absolute atomic E-state index is 0.209. The lowest BCUT2D eigenvalue weighted by atomic mass is 9.89. The fourth-order valence-corrected chi connectivity index (χ4v) is 5.67. The van der Waals surface area contributed by atoms with Crippen molar-refractivity contribution in [1.29, 1.82) is 0 Å². The molecule has 2 aromatic carbocycles. The molecule has 3 heterocycles. The van der Waals surface area contributed by atoms with Crippen molar-refractivity contribution in [2.24, 2.45) is 0 Å². The minimum atomic E-state index is 0.209. The van der Waals surface area contributed by atoms with Crippen molar-refractivity contribution >= 4 is 11.0 Å². The second-order valence-corrected chi connectivity index (χ2v) is 10.4. The van der Waals surface area contributed by atoms with Crippen LogP contribution in [0.3, 0.4) is 0 Å². The van der Waals surface area contributed by atoms with Gasteiger partial charge in [0.1, 0.15) is 5.82 Å². The van der Waals surface area contributed by atoms with Crippen LogP contribution in [0.25, 0.3) is 11.0 Å². The van der Waals surface area contributed by atoms with Gasteiger partial charge in [0.2, 0.25) is 0 Å². The summed E-state index contributed by atoms with van der Waals surface area (Å²) in [4.78, 5) is 15.5. The van der Waals surface area contributed by atoms with Gasteiger partial charge in [-0.1, -0.05) is 54.6 Å². The number of H-pyrrole nitrogens is 1. The van der Waals surface area contributed by atoms with Crippen LogP contribution in [0.4, 0.5) is 0 Å². The molecule has 0 saturated heterocycles. The van der Waals surface area contributed by atoms with Gasteiger partial charge < -0.3 is 15.6 Å². The molecule has 4 aromatic rings. The second-order valence-electron chi connectivity index (χ2n) is 10.4. The third-order valence-corrected chi connectivity index (χ3v) is 7.72. The molecule has 38 heavy (non-hydrogen) atoms. The standard InChI is InChI=1S/C32H36N6/c1-23(27-10-4-5-18-33-27)35-20-24-14-16-25(17-15-24)21-38(22-31-36-28-11-2-3-12-29(28)37-31)30-13-6-8-26-9-7-19-34-32(26)30/h2-5,7,9-12,14-18,23,30,34-35H,6,8,13,19-22H2,1H3,(H,36,37). The first-order chi connectivity index (χ1) is 18.7. The van der Waals surface area contributed by atoms with Crippen molar-refractivity contribution < 1.29 is 0 Å². The molecule has 6 nitrogen and oxygen atoms in total. The summed E-state index contributed by atoms with van der Waals surface area (Å²) in [7, 11) is 0. The quantitative estimate of drug-likeness (QED) is 0.270. The van der Waals surface area contributed by atoms with Crippen LogP contribution in [0, 0.1) is 0 Å². The van der Waals surface area contributed by atoms with Crippen LogP contribution in [0.2, 0.25) is 0 Å². The van der Waals surface area contributed by atoms with Gasteiger partial charge in [-0.05, 0) is 67.2 Å². The number of fused-ring (bicyclic) bond motifs is 1. The fraction of sp³-hybridized carbons (Fsp3) is 0.312. The third kappa shape index (κ3) is 5.57. The number of rotatable bonds is 9. The predicted molar refractivity (Wildman–Crippen MR) is 153 cm³/mol. The number of imidazole rings is 1. The highest BCUT2D eigenvalue weighted by Gasteiger charge is 2.29. The Morgan fingerprint density at radius 2 is 1.84 bits per heavy atom. The summed E-state index contributed by atoms with van der Waals surface area (Å²) in [5.41, 5.74) is 8.66. The topological polar surface area (TPSA) is 68.9 Å². The maximum Gasteiger partial charge on any atom is 0.121 e. The molecule has 3 N–H and O–H groups in total. The van der Waals surface area contributed by atoms with Gasteiger partial charge in [0.15, 0.2) is 0 Å². The van der Waals surface area contributed by atoms with E-state index in [-0.39, 0.29) is 6.04 Å². The van der Waals surface area contributed by atoms with Crippen molar-refractivity contribution in [3.8, 4) is 0 Å². The Balaban J connectivity index is 1.19. The molecule has 6 rings (SSSR count). The van der Waals surface area contributed by atoms with Gasteiger partial charge in [-0.3, -0.25) is 9.88 Å². The Labute approximate surface area is 224 Å². The Hall–Kier alpha value is -3.74. The van der Waals surface area contributed by atoms with Gasteiger partial charge in [0.05, 0.1) is 29.3 Å². The first kappa shape index (κ1) is 24.6. The molecule has 1 aliphatic heterocycles. The Morgan fingerprint density at radius 1 is 1.00 bits per heavy atom. The van der Waals surface area contributed by atoms with Crippen molar-refractivity contribution in [2.75, 3.05) is 6.54 Å². The molecule has 0 saturated carbocycles. The van der Waals surface area contributed by atoms with E-state index in [1.807, 2.05) is 18.3 Å². The van der Waals surface area contributed by atoms with Crippen LogP contribution in [0.5, 0.6) is 0 Å². The summed E-state index contributed by atoms with van der Waals surface area (Å²) in [5.74, 6) is 1.02. The average molecular weight is 505 g/mol. The molecule has 0 radical (unpaired) electrons. The van der Waals surface area contributed by atoms with E-state index in [9.17, 15) is 0 Å².